The van der Waals surface area contributed by atoms with Crippen molar-refractivity contribution in [3.8, 4) is 0 Å². The fourth-order valence-electron chi connectivity index (χ4n) is 2.42. The number of urea groups is 1. The highest BCUT2D eigenvalue weighted by molar-refractivity contribution is 7.11. The first-order chi connectivity index (χ1) is 10.3. The number of halogens is 2. The van der Waals surface area contributed by atoms with Crippen LogP contribution in [0.3, 0.4) is 0 Å². The molecule has 3 N–H and O–H groups in total. The molecule has 1 unspecified atom stereocenters. The van der Waals surface area contributed by atoms with Crippen molar-refractivity contribution in [2.75, 3.05) is 0 Å². The predicted molar refractivity (Wildman–Crippen MR) is 80.8 cm³/mol. The van der Waals surface area contributed by atoms with Gasteiger partial charge < -0.3 is 10.8 Å². The number of imide groups is 1. The maximum absolute atomic E-state index is 14.0. The Balaban J connectivity index is 2.21. The SMILES string of the molecule is NC(=O)N1C(=O)C(=C(O)c2cccs2)C2=CCC(F)(Cl)C=C21. The van der Waals surface area contributed by atoms with Crippen LogP contribution in [0.4, 0.5) is 9.18 Å². The Morgan fingerprint density at radius 3 is 2.86 bits per heavy atom. The standard InChI is InChI=1S/C14H10ClFN2O3S/c15-14(16)4-3-7-8(6-14)18(13(17)21)12(20)10(7)11(19)9-2-1-5-22-9/h1-3,5-6,19H,4H2,(H2,17,21). The molecule has 114 valence electrons. The molecule has 0 spiro atoms. The Kier molecular flexibility index (Phi) is 3.34. The van der Waals surface area contributed by atoms with Crippen LogP contribution in [0.2, 0.25) is 0 Å². The van der Waals surface area contributed by atoms with Gasteiger partial charge in [-0.15, -0.1) is 11.3 Å². The number of alkyl halides is 2. The number of allylic oxidation sites excluding steroid dienone is 3. The third-order valence-electron chi connectivity index (χ3n) is 3.34. The lowest BCUT2D eigenvalue weighted by atomic mass is 9.97. The van der Waals surface area contributed by atoms with E-state index >= 15 is 0 Å². The summed E-state index contributed by atoms with van der Waals surface area (Å²) in [6.07, 6.45) is 2.15. The number of carbonyl (C=O) groups is 2. The van der Waals surface area contributed by atoms with E-state index in [1.165, 1.54) is 17.4 Å². The number of amides is 3. The maximum Gasteiger partial charge on any atom is 0.326 e. The van der Waals surface area contributed by atoms with Crippen LogP contribution in [0, 0.1) is 0 Å². The number of likely N-dealkylation sites (tertiary alicyclic amines) is 1. The van der Waals surface area contributed by atoms with Crippen LogP contribution in [0.1, 0.15) is 11.3 Å². The molecule has 1 aromatic rings. The van der Waals surface area contributed by atoms with E-state index in [1.54, 1.807) is 17.5 Å². The van der Waals surface area contributed by atoms with Crippen molar-refractivity contribution < 1.29 is 19.1 Å². The second-order valence-corrected chi connectivity index (χ2v) is 6.37. The number of primary amides is 1. The molecule has 0 saturated carbocycles. The fraction of sp³-hybridized carbons (Fsp3) is 0.143. The second kappa shape index (κ2) is 4.96. The Morgan fingerprint density at radius 1 is 1.55 bits per heavy atom. The van der Waals surface area contributed by atoms with Crippen LogP contribution >= 0.6 is 22.9 Å². The molecule has 1 fully saturated rings. The van der Waals surface area contributed by atoms with E-state index in [4.69, 9.17) is 17.3 Å². The van der Waals surface area contributed by atoms with Gasteiger partial charge in [-0.1, -0.05) is 23.7 Å². The molecule has 0 bridgehead atoms. The maximum atomic E-state index is 14.0. The Bertz CT molecular complexity index is 765. The molecular weight excluding hydrogens is 331 g/mol. The number of hydrogen-bond acceptors (Lipinski definition) is 4. The third-order valence-corrected chi connectivity index (χ3v) is 4.48. The Hall–Kier alpha value is -2.12. The molecule has 1 aromatic heterocycles. The molecule has 3 amide bonds. The van der Waals surface area contributed by atoms with Crippen LogP contribution < -0.4 is 5.73 Å². The summed E-state index contributed by atoms with van der Waals surface area (Å²) in [4.78, 5) is 25.0. The molecule has 1 aliphatic carbocycles. The summed E-state index contributed by atoms with van der Waals surface area (Å²) in [5.41, 5.74) is 5.32. The van der Waals surface area contributed by atoms with Crippen LogP contribution in [-0.4, -0.2) is 27.1 Å². The van der Waals surface area contributed by atoms with Gasteiger partial charge in [0.2, 0.25) is 5.13 Å². The monoisotopic (exact) mass is 340 g/mol. The van der Waals surface area contributed by atoms with E-state index in [9.17, 15) is 19.1 Å². The van der Waals surface area contributed by atoms with Crippen LogP contribution in [-0.2, 0) is 4.79 Å². The first kappa shape index (κ1) is 14.8. The average molecular weight is 341 g/mol. The number of rotatable bonds is 1. The number of nitrogens with zero attached hydrogens (tertiary/aromatic N) is 1. The fourth-order valence-corrected chi connectivity index (χ4v) is 3.27. The molecular formula is C14H10ClFN2O3S. The van der Waals surface area contributed by atoms with E-state index in [1.807, 2.05) is 0 Å². The highest BCUT2D eigenvalue weighted by Crippen LogP contribution is 2.44. The zero-order chi connectivity index (χ0) is 16.1. The number of fused-ring (bicyclic) bond motifs is 1. The summed E-state index contributed by atoms with van der Waals surface area (Å²) in [7, 11) is 0. The van der Waals surface area contributed by atoms with Gasteiger partial charge in [0.05, 0.1) is 16.1 Å². The highest BCUT2D eigenvalue weighted by atomic mass is 35.5. The topological polar surface area (TPSA) is 83.6 Å². The number of aliphatic hydroxyl groups is 1. The summed E-state index contributed by atoms with van der Waals surface area (Å²) in [5, 5.41) is 9.87. The van der Waals surface area contributed by atoms with Gasteiger partial charge in [-0.3, -0.25) is 4.79 Å². The molecule has 5 nitrogen and oxygen atoms in total. The second-order valence-electron chi connectivity index (χ2n) is 4.79. The van der Waals surface area contributed by atoms with Gasteiger partial charge >= 0.3 is 6.03 Å². The normalized spacial score (nSPS) is 26.5. The Labute approximate surface area is 133 Å². The summed E-state index contributed by atoms with van der Waals surface area (Å²) < 4.78 is 14.0. The van der Waals surface area contributed by atoms with E-state index in [0.717, 1.165) is 6.08 Å². The van der Waals surface area contributed by atoms with E-state index in [2.05, 4.69) is 0 Å². The minimum Gasteiger partial charge on any atom is -0.506 e. The lowest BCUT2D eigenvalue weighted by Crippen LogP contribution is -2.36. The van der Waals surface area contributed by atoms with Gasteiger partial charge in [-0.2, -0.15) is 0 Å². The van der Waals surface area contributed by atoms with Crippen molar-refractivity contribution >= 4 is 40.6 Å². The van der Waals surface area contributed by atoms with Crippen LogP contribution in [0.15, 0.2) is 46.5 Å². The molecule has 1 atom stereocenters. The lowest BCUT2D eigenvalue weighted by molar-refractivity contribution is -0.121. The number of nitrogens with two attached hydrogens (primary N) is 1. The molecule has 1 saturated heterocycles. The molecule has 0 aromatic carbocycles. The van der Waals surface area contributed by atoms with Crippen molar-refractivity contribution in [2.24, 2.45) is 5.73 Å². The lowest BCUT2D eigenvalue weighted by Gasteiger charge is -2.21. The first-order valence-corrected chi connectivity index (χ1v) is 7.50. The smallest absolute Gasteiger partial charge is 0.326 e. The van der Waals surface area contributed by atoms with E-state index in [0.29, 0.717) is 9.78 Å². The number of aliphatic hydroxyl groups excluding tert-OH is 1. The van der Waals surface area contributed by atoms with Crippen molar-refractivity contribution in [3.05, 3.63) is 51.4 Å². The van der Waals surface area contributed by atoms with Crippen molar-refractivity contribution in [2.45, 2.75) is 11.5 Å². The first-order valence-electron chi connectivity index (χ1n) is 6.24. The van der Waals surface area contributed by atoms with Crippen LogP contribution in [0.5, 0.6) is 0 Å². The van der Waals surface area contributed by atoms with Crippen molar-refractivity contribution in [1.29, 1.82) is 0 Å². The minimum absolute atomic E-state index is 0.0423. The van der Waals surface area contributed by atoms with Crippen molar-refractivity contribution in [3.63, 3.8) is 0 Å². The predicted octanol–water partition coefficient (Wildman–Crippen LogP) is 3.06. The molecule has 3 rings (SSSR count). The quantitative estimate of drug-likeness (QED) is 0.468. The largest absolute Gasteiger partial charge is 0.506 e. The number of hydrogen-bond donors (Lipinski definition) is 2. The van der Waals surface area contributed by atoms with E-state index < -0.39 is 17.1 Å². The minimum atomic E-state index is -2.21. The number of carbonyl (C=O) groups excluding carboxylic acids is 2. The molecule has 2 aliphatic rings. The van der Waals surface area contributed by atoms with Gasteiger partial charge in [0.15, 0.2) is 0 Å². The summed E-state index contributed by atoms with van der Waals surface area (Å²) >= 11 is 6.86. The summed E-state index contributed by atoms with van der Waals surface area (Å²) in [5.74, 6) is -1.08. The van der Waals surface area contributed by atoms with Gasteiger partial charge in [0.1, 0.15) is 5.76 Å². The highest BCUT2D eigenvalue weighted by Gasteiger charge is 2.45. The molecule has 2 heterocycles. The van der Waals surface area contributed by atoms with E-state index in [-0.39, 0.29) is 29.0 Å². The molecule has 0 radical (unpaired) electrons. The Morgan fingerprint density at radius 2 is 2.27 bits per heavy atom. The summed E-state index contributed by atoms with van der Waals surface area (Å²) in [6.45, 7) is 0. The zero-order valence-electron chi connectivity index (χ0n) is 11.0. The van der Waals surface area contributed by atoms with Crippen molar-refractivity contribution in [1.82, 2.24) is 4.90 Å². The average Bonchev–Trinajstić information content (AvgIpc) is 3.02. The van der Waals surface area contributed by atoms with Gasteiger partial charge in [0.25, 0.3) is 5.91 Å². The molecule has 8 heteroatoms. The third kappa shape index (κ3) is 2.22. The molecule has 22 heavy (non-hydrogen) atoms. The summed E-state index contributed by atoms with van der Waals surface area (Å²) in [6, 6.07) is 2.27. The van der Waals surface area contributed by atoms with Crippen LogP contribution in [0.25, 0.3) is 5.76 Å². The molecule has 1 aliphatic heterocycles. The zero-order valence-corrected chi connectivity index (χ0v) is 12.6. The van der Waals surface area contributed by atoms with Gasteiger partial charge in [-0.25, -0.2) is 14.1 Å². The number of thiophene rings is 1. The van der Waals surface area contributed by atoms with Gasteiger partial charge in [-0.05, 0) is 17.5 Å². The van der Waals surface area contributed by atoms with Gasteiger partial charge in [0, 0.05) is 12.0 Å².